The molecular formula is C28H34ClN7O2. The molecule has 0 aliphatic heterocycles. The fraction of sp³-hybridized carbons (Fsp3) is 0.393. The fourth-order valence-electron chi connectivity index (χ4n) is 4.38. The van der Waals surface area contributed by atoms with E-state index < -0.39 is 12.0 Å². The summed E-state index contributed by atoms with van der Waals surface area (Å²) in [5.41, 5.74) is 10.7. The highest BCUT2D eigenvalue weighted by Crippen LogP contribution is 2.30. The minimum atomic E-state index is -0.660. The molecule has 0 saturated carbocycles. The summed E-state index contributed by atoms with van der Waals surface area (Å²) in [6.45, 7) is 6.76. The molecule has 0 spiro atoms. The highest BCUT2D eigenvalue weighted by molar-refractivity contribution is 6.30. The number of benzene rings is 2. The number of ether oxygens (including phenoxy) is 1. The Kier molecular flexibility index (Phi) is 9.25. The first-order valence-corrected chi connectivity index (χ1v) is 13.3. The van der Waals surface area contributed by atoms with Crippen LogP contribution in [-0.2, 0) is 29.1 Å². The van der Waals surface area contributed by atoms with Crippen LogP contribution >= 0.6 is 11.6 Å². The molecule has 38 heavy (non-hydrogen) atoms. The van der Waals surface area contributed by atoms with Crippen LogP contribution in [0.3, 0.4) is 0 Å². The van der Waals surface area contributed by atoms with E-state index in [1.807, 2.05) is 38.1 Å². The first-order chi connectivity index (χ1) is 18.4. The molecule has 9 nitrogen and oxygen atoms in total. The van der Waals surface area contributed by atoms with E-state index in [4.69, 9.17) is 22.1 Å². The van der Waals surface area contributed by atoms with Gasteiger partial charge in [0.1, 0.15) is 18.5 Å². The number of H-pyrrole nitrogens is 1. The van der Waals surface area contributed by atoms with Crippen LogP contribution in [-0.4, -0.2) is 42.2 Å². The van der Waals surface area contributed by atoms with Gasteiger partial charge in [0, 0.05) is 18.5 Å². The van der Waals surface area contributed by atoms with Crippen LogP contribution in [0.2, 0.25) is 5.15 Å². The van der Waals surface area contributed by atoms with E-state index in [1.165, 1.54) is 0 Å². The molecule has 4 aromatic rings. The molecule has 3 N–H and O–H groups in total. The van der Waals surface area contributed by atoms with Gasteiger partial charge in [-0.05, 0) is 40.7 Å². The number of esters is 1. The van der Waals surface area contributed by atoms with Crippen molar-refractivity contribution in [3.63, 3.8) is 0 Å². The predicted molar refractivity (Wildman–Crippen MR) is 147 cm³/mol. The number of halogens is 1. The lowest BCUT2D eigenvalue weighted by atomic mass is 9.98. The molecule has 1 atom stereocenters. The average Bonchev–Trinajstić information content (AvgIpc) is 3.54. The highest BCUT2D eigenvalue weighted by atomic mass is 35.5. The smallest absolute Gasteiger partial charge is 0.323 e. The lowest BCUT2D eigenvalue weighted by molar-refractivity contribution is -0.147. The molecular weight excluding hydrogens is 502 g/mol. The second-order valence-electron chi connectivity index (χ2n) is 9.78. The Hall–Kier alpha value is -3.56. The van der Waals surface area contributed by atoms with Crippen molar-refractivity contribution in [1.29, 1.82) is 0 Å². The molecule has 0 bridgehead atoms. The summed E-state index contributed by atoms with van der Waals surface area (Å²) in [5.74, 6) is 1.29. The molecule has 0 saturated heterocycles. The number of carbonyl (C=O) groups excluding carboxylic acids is 1. The van der Waals surface area contributed by atoms with Gasteiger partial charge in [0.25, 0.3) is 0 Å². The van der Waals surface area contributed by atoms with Gasteiger partial charge in [-0.3, -0.25) is 4.79 Å². The molecule has 0 aliphatic rings. The van der Waals surface area contributed by atoms with Gasteiger partial charge in [0.2, 0.25) is 5.82 Å². The third-order valence-corrected chi connectivity index (χ3v) is 6.66. The molecule has 0 radical (unpaired) electrons. The summed E-state index contributed by atoms with van der Waals surface area (Å²) in [6, 6.07) is 15.6. The van der Waals surface area contributed by atoms with E-state index in [0.29, 0.717) is 35.6 Å². The fourth-order valence-corrected chi connectivity index (χ4v) is 4.64. The quantitative estimate of drug-likeness (QED) is 0.239. The van der Waals surface area contributed by atoms with Crippen molar-refractivity contribution in [1.82, 2.24) is 30.2 Å². The Morgan fingerprint density at radius 1 is 1.13 bits per heavy atom. The summed E-state index contributed by atoms with van der Waals surface area (Å²) in [4.78, 5) is 17.1. The number of imidazole rings is 1. The minimum Gasteiger partial charge on any atom is -0.458 e. The van der Waals surface area contributed by atoms with Gasteiger partial charge in [0.15, 0.2) is 5.15 Å². The van der Waals surface area contributed by atoms with Crippen LogP contribution in [0.15, 0.2) is 48.5 Å². The van der Waals surface area contributed by atoms with Crippen LogP contribution in [0.5, 0.6) is 0 Å². The Morgan fingerprint density at radius 3 is 2.53 bits per heavy atom. The zero-order valence-electron chi connectivity index (χ0n) is 22.0. The number of hydrogen-bond acceptors (Lipinski definition) is 7. The first-order valence-electron chi connectivity index (χ1n) is 13.0. The molecule has 200 valence electrons. The van der Waals surface area contributed by atoms with Gasteiger partial charge in [0.05, 0.1) is 5.69 Å². The minimum absolute atomic E-state index is 0.0265. The summed E-state index contributed by atoms with van der Waals surface area (Å²) < 4.78 is 7.62. The second-order valence-corrected chi connectivity index (χ2v) is 10.1. The Bertz CT molecular complexity index is 1330. The maximum Gasteiger partial charge on any atom is 0.323 e. The Balaban J connectivity index is 1.56. The Morgan fingerprint density at radius 2 is 1.87 bits per heavy atom. The summed E-state index contributed by atoms with van der Waals surface area (Å²) in [5, 5.41) is 14.8. The molecule has 2 heterocycles. The number of nitrogens with two attached hydrogens (primary N) is 1. The van der Waals surface area contributed by atoms with Crippen molar-refractivity contribution in [3.8, 4) is 22.5 Å². The SMILES string of the molecule is CCCCc1nc(Cl)c(COC(=O)[C@H](N)CC(C)C)n1Cc1ccc(-c2ccccc2-c2nn[nH]n2)cc1. The molecule has 0 amide bonds. The van der Waals surface area contributed by atoms with Crippen LogP contribution in [0.4, 0.5) is 0 Å². The topological polar surface area (TPSA) is 125 Å². The number of rotatable bonds is 12. The van der Waals surface area contributed by atoms with Gasteiger partial charge in [-0.1, -0.05) is 87.3 Å². The number of unbranched alkanes of at least 4 members (excludes halogenated alkanes) is 1. The van der Waals surface area contributed by atoms with E-state index >= 15 is 0 Å². The molecule has 0 fully saturated rings. The number of tetrazole rings is 1. The van der Waals surface area contributed by atoms with Crippen LogP contribution in [0, 0.1) is 5.92 Å². The maximum atomic E-state index is 12.5. The summed E-state index contributed by atoms with van der Waals surface area (Å²) >= 11 is 6.54. The summed E-state index contributed by atoms with van der Waals surface area (Å²) in [7, 11) is 0. The van der Waals surface area contributed by atoms with Crippen LogP contribution in [0.25, 0.3) is 22.5 Å². The van der Waals surface area contributed by atoms with Gasteiger partial charge < -0.3 is 15.0 Å². The average molecular weight is 536 g/mol. The lowest BCUT2D eigenvalue weighted by Crippen LogP contribution is -2.33. The monoisotopic (exact) mass is 535 g/mol. The van der Waals surface area contributed by atoms with E-state index in [2.05, 4.69) is 61.4 Å². The van der Waals surface area contributed by atoms with E-state index in [0.717, 1.165) is 47.3 Å². The third-order valence-electron chi connectivity index (χ3n) is 6.35. The van der Waals surface area contributed by atoms with Gasteiger partial charge in [-0.25, -0.2) is 4.98 Å². The number of nitrogens with one attached hydrogen (secondary N) is 1. The number of carbonyl (C=O) groups is 1. The van der Waals surface area contributed by atoms with Crippen molar-refractivity contribution >= 4 is 17.6 Å². The van der Waals surface area contributed by atoms with Crippen LogP contribution in [0.1, 0.15) is 57.1 Å². The zero-order valence-corrected chi connectivity index (χ0v) is 22.8. The zero-order chi connectivity index (χ0) is 27.1. The van der Waals surface area contributed by atoms with Crippen molar-refractivity contribution in [3.05, 3.63) is 70.8 Å². The standard InChI is InChI=1S/C28H34ClN7O2/c1-4-5-10-25-31-26(29)24(17-38-28(37)23(30)15-18(2)3)36(25)16-19-11-13-20(14-12-19)21-8-6-7-9-22(21)27-32-34-35-33-27/h6-9,11-14,18,23H,4-5,10,15-17,30H2,1-3H3,(H,32,33,34,35)/t23-/m1/s1. The van der Waals surface area contributed by atoms with Crippen molar-refractivity contribution in [2.45, 2.75) is 65.6 Å². The van der Waals surface area contributed by atoms with E-state index in [1.54, 1.807) is 0 Å². The largest absolute Gasteiger partial charge is 0.458 e. The van der Waals surface area contributed by atoms with Gasteiger partial charge in [-0.2, -0.15) is 5.21 Å². The Labute approximate surface area is 227 Å². The lowest BCUT2D eigenvalue weighted by Gasteiger charge is -2.16. The maximum absolute atomic E-state index is 12.5. The summed E-state index contributed by atoms with van der Waals surface area (Å²) in [6.07, 6.45) is 3.37. The van der Waals surface area contributed by atoms with Crippen molar-refractivity contribution in [2.24, 2.45) is 11.7 Å². The number of nitrogens with zero attached hydrogens (tertiary/aromatic N) is 5. The molecule has 2 aromatic carbocycles. The third kappa shape index (κ3) is 6.65. The van der Waals surface area contributed by atoms with Crippen LogP contribution < -0.4 is 5.73 Å². The number of aromatic nitrogens is 6. The van der Waals surface area contributed by atoms with E-state index in [-0.39, 0.29) is 6.61 Å². The second kappa shape index (κ2) is 12.8. The van der Waals surface area contributed by atoms with E-state index in [9.17, 15) is 4.79 Å². The molecule has 0 aliphatic carbocycles. The first kappa shape index (κ1) is 27.5. The molecule has 0 unspecified atom stereocenters. The van der Waals surface area contributed by atoms with Crippen molar-refractivity contribution in [2.75, 3.05) is 0 Å². The highest BCUT2D eigenvalue weighted by Gasteiger charge is 2.21. The van der Waals surface area contributed by atoms with Gasteiger partial charge in [-0.15, -0.1) is 10.2 Å². The van der Waals surface area contributed by atoms with Crippen molar-refractivity contribution < 1.29 is 9.53 Å². The molecule has 2 aromatic heterocycles. The molecule has 4 rings (SSSR count). The normalized spacial score (nSPS) is 12.2. The number of aromatic amines is 1. The number of hydrogen-bond donors (Lipinski definition) is 2. The molecule has 10 heteroatoms. The number of aryl methyl sites for hydroxylation is 1. The predicted octanol–water partition coefficient (Wildman–Crippen LogP) is 5.19. The van der Waals surface area contributed by atoms with Gasteiger partial charge >= 0.3 is 5.97 Å².